The molecule has 2 aromatic carbocycles. The molecule has 4 heteroatoms. The van der Waals surface area contributed by atoms with E-state index in [1.165, 1.54) is 25.7 Å². The third kappa shape index (κ3) is 2.61. The number of hydrogen-bond donors (Lipinski definition) is 0. The van der Waals surface area contributed by atoms with Gasteiger partial charge in [0.05, 0.1) is 7.11 Å². The van der Waals surface area contributed by atoms with Crippen molar-refractivity contribution in [3.63, 3.8) is 0 Å². The molecule has 2 heterocycles. The van der Waals surface area contributed by atoms with Crippen LogP contribution >= 0.6 is 0 Å². The lowest BCUT2D eigenvalue weighted by molar-refractivity contribution is -0.121. The second-order valence-electron chi connectivity index (χ2n) is 8.65. The Morgan fingerprint density at radius 3 is 2.72 bits per heavy atom. The van der Waals surface area contributed by atoms with Gasteiger partial charge in [0.2, 0.25) is 5.91 Å². The predicted molar refractivity (Wildman–Crippen MR) is 115 cm³/mol. The first-order chi connectivity index (χ1) is 14.0. The van der Waals surface area contributed by atoms with Crippen LogP contribution in [0.3, 0.4) is 0 Å². The van der Waals surface area contributed by atoms with Crippen LogP contribution in [-0.2, 0) is 10.2 Å². The number of methoxy groups -OCH3 is 1. The third-order valence-corrected chi connectivity index (χ3v) is 6.95. The van der Waals surface area contributed by atoms with Gasteiger partial charge in [-0.25, -0.2) is 0 Å². The number of nitrogens with zero attached hydrogens (tertiary/aromatic N) is 1. The molecule has 0 aromatic heterocycles. The van der Waals surface area contributed by atoms with Gasteiger partial charge >= 0.3 is 0 Å². The molecule has 0 N–H and O–H groups in total. The van der Waals surface area contributed by atoms with E-state index < -0.39 is 5.41 Å². The summed E-state index contributed by atoms with van der Waals surface area (Å²) in [6.45, 7) is 7.44. The van der Waals surface area contributed by atoms with Crippen LogP contribution < -0.4 is 14.4 Å². The van der Waals surface area contributed by atoms with Gasteiger partial charge in [-0.1, -0.05) is 37.6 Å². The van der Waals surface area contributed by atoms with Crippen LogP contribution in [0.2, 0.25) is 0 Å². The van der Waals surface area contributed by atoms with E-state index in [0.29, 0.717) is 18.3 Å². The van der Waals surface area contributed by atoms with Crippen molar-refractivity contribution in [1.29, 1.82) is 0 Å². The summed E-state index contributed by atoms with van der Waals surface area (Å²) in [4.78, 5) is 16.0. The molecule has 0 bridgehead atoms. The molecule has 1 unspecified atom stereocenters. The maximum atomic E-state index is 13.9. The Morgan fingerprint density at radius 2 is 1.97 bits per heavy atom. The van der Waals surface area contributed by atoms with E-state index in [1.807, 2.05) is 30.0 Å². The van der Waals surface area contributed by atoms with Crippen LogP contribution in [0.4, 0.5) is 5.69 Å². The van der Waals surface area contributed by atoms with Crippen molar-refractivity contribution in [2.24, 2.45) is 5.92 Å². The molecule has 5 rings (SSSR count). The first-order valence-electron chi connectivity index (χ1n) is 10.5. The van der Waals surface area contributed by atoms with E-state index in [4.69, 9.17) is 9.47 Å². The molecule has 1 amide bonds. The molecule has 0 radical (unpaired) electrons. The molecule has 0 saturated heterocycles. The fourth-order valence-corrected chi connectivity index (χ4v) is 5.28. The maximum absolute atomic E-state index is 13.9. The van der Waals surface area contributed by atoms with Gasteiger partial charge in [-0.15, -0.1) is 0 Å². The quantitative estimate of drug-likeness (QED) is 0.743. The normalized spacial score (nSPS) is 23.3. The highest BCUT2D eigenvalue weighted by molar-refractivity contribution is 6.10. The minimum absolute atomic E-state index is 0.133. The summed E-state index contributed by atoms with van der Waals surface area (Å²) < 4.78 is 11.5. The summed E-state index contributed by atoms with van der Waals surface area (Å²) in [5.74, 6) is 2.19. The van der Waals surface area contributed by atoms with Gasteiger partial charge < -0.3 is 14.4 Å². The number of carbonyl (C=O) groups is 1. The van der Waals surface area contributed by atoms with Gasteiger partial charge in [0, 0.05) is 29.4 Å². The van der Waals surface area contributed by atoms with E-state index in [0.717, 1.165) is 40.2 Å². The zero-order valence-corrected chi connectivity index (χ0v) is 17.2. The predicted octanol–water partition coefficient (Wildman–Crippen LogP) is 4.94. The van der Waals surface area contributed by atoms with Crippen LogP contribution in [0.15, 0.2) is 43.0 Å². The summed E-state index contributed by atoms with van der Waals surface area (Å²) >= 11 is 0. The van der Waals surface area contributed by atoms with Gasteiger partial charge in [0.25, 0.3) is 0 Å². The second-order valence-corrected chi connectivity index (χ2v) is 8.65. The van der Waals surface area contributed by atoms with E-state index in [2.05, 4.69) is 24.8 Å². The average Bonchev–Trinajstić information content (AvgIpc) is 3.44. The number of benzene rings is 2. The Morgan fingerprint density at radius 1 is 1.21 bits per heavy atom. The molecule has 0 spiro atoms. The summed E-state index contributed by atoms with van der Waals surface area (Å²) in [5, 5.41) is 0. The van der Waals surface area contributed by atoms with Gasteiger partial charge in [-0.05, 0) is 49.0 Å². The van der Waals surface area contributed by atoms with E-state index >= 15 is 0 Å². The van der Waals surface area contributed by atoms with E-state index in [1.54, 1.807) is 7.11 Å². The molecular formula is C25H27NO3. The first-order valence-corrected chi connectivity index (χ1v) is 10.5. The Hall–Kier alpha value is -2.75. The Balaban J connectivity index is 1.65. The third-order valence-electron chi connectivity index (χ3n) is 6.95. The molecule has 1 aliphatic carbocycles. The maximum Gasteiger partial charge on any atom is 0.242 e. The number of hydrogen-bond acceptors (Lipinski definition) is 3. The zero-order valence-electron chi connectivity index (χ0n) is 17.2. The van der Waals surface area contributed by atoms with Crippen molar-refractivity contribution in [3.05, 3.63) is 59.7 Å². The molecule has 1 atom stereocenters. The molecule has 2 aromatic rings. The van der Waals surface area contributed by atoms with Gasteiger partial charge in [-0.3, -0.25) is 4.79 Å². The lowest BCUT2D eigenvalue weighted by atomic mass is 9.76. The standard InChI is InChI=1S/C25H27NO3/c1-16-15-29-22-13-23(28-3)20(12-18(16)22)25(2)19-10-6-7-11-21(19)26(24(25)27)14-17-8-4-5-9-17/h6-7,10-13,17H,1,4-5,8-9,14-15H2,2-3H3. The van der Waals surface area contributed by atoms with Gasteiger partial charge in [0.15, 0.2) is 0 Å². The largest absolute Gasteiger partial charge is 0.496 e. The van der Waals surface area contributed by atoms with Crippen molar-refractivity contribution < 1.29 is 14.3 Å². The fourth-order valence-electron chi connectivity index (χ4n) is 5.28. The molecule has 150 valence electrons. The lowest BCUT2D eigenvalue weighted by Gasteiger charge is -2.28. The van der Waals surface area contributed by atoms with Crippen LogP contribution in [0.1, 0.15) is 49.3 Å². The molecular weight excluding hydrogens is 362 g/mol. The molecule has 3 aliphatic rings. The monoisotopic (exact) mass is 389 g/mol. The van der Waals surface area contributed by atoms with Crippen LogP contribution in [-0.4, -0.2) is 26.2 Å². The Bertz CT molecular complexity index is 1010. The Labute approximate surface area is 172 Å². The number of para-hydroxylation sites is 1. The van der Waals surface area contributed by atoms with Crippen molar-refractivity contribution in [1.82, 2.24) is 0 Å². The molecule has 29 heavy (non-hydrogen) atoms. The van der Waals surface area contributed by atoms with Crippen molar-refractivity contribution in [2.75, 3.05) is 25.2 Å². The highest BCUT2D eigenvalue weighted by atomic mass is 16.5. The van der Waals surface area contributed by atoms with Crippen molar-refractivity contribution in [3.8, 4) is 11.5 Å². The molecule has 2 aliphatic heterocycles. The van der Waals surface area contributed by atoms with Crippen LogP contribution in [0.25, 0.3) is 5.57 Å². The molecule has 4 nitrogen and oxygen atoms in total. The van der Waals surface area contributed by atoms with Crippen molar-refractivity contribution in [2.45, 2.75) is 38.0 Å². The second kappa shape index (κ2) is 6.65. The van der Waals surface area contributed by atoms with Gasteiger partial charge in [0.1, 0.15) is 23.5 Å². The SMILES string of the molecule is C=C1COc2cc(OC)c(C3(C)C(=O)N(CC4CCCC4)c4ccccc43)cc21. The summed E-state index contributed by atoms with van der Waals surface area (Å²) in [7, 11) is 1.65. The highest BCUT2D eigenvalue weighted by Gasteiger charge is 2.50. The summed E-state index contributed by atoms with van der Waals surface area (Å²) in [5.41, 5.74) is 4.08. The van der Waals surface area contributed by atoms with Gasteiger partial charge in [-0.2, -0.15) is 0 Å². The van der Waals surface area contributed by atoms with Crippen molar-refractivity contribution >= 4 is 17.2 Å². The number of amides is 1. The zero-order chi connectivity index (χ0) is 20.2. The minimum Gasteiger partial charge on any atom is -0.496 e. The smallest absolute Gasteiger partial charge is 0.242 e. The number of carbonyl (C=O) groups excluding carboxylic acids is 1. The van der Waals surface area contributed by atoms with Crippen LogP contribution in [0.5, 0.6) is 11.5 Å². The van der Waals surface area contributed by atoms with E-state index in [9.17, 15) is 4.79 Å². The molecule has 1 saturated carbocycles. The number of rotatable bonds is 4. The fraction of sp³-hybridized carbons (Fsp3) is 0.400. The minimum atomic E-state index is -0.793. The topological polar surface area (TPSA) is 38.8 Å². The number of anilines is 1. The highest BCUT2D eigenvalue weighted by Crippen LogP contribution is 2.51. The summed E-state index contributed by atoms with van der Waals surface area (Å²) in [6.07, 6.45) is 4.96. The van der Waals surface area contributed by atoms with Crippen LogP contribution in [0, 0.1) is 5.92 Å². The first kappa shape index (κ1) is 18.3. The molecule has 1 fully saturated rings. The summed E-state index contributed by atoms with van der Waals surface area (Å²) in [6, 6.07) is 12.2. The van der Waals surface area contributed by atoms with E-state index in [-0.39, 0.29) is 5.91 Å². The number of fused-ring (bicyclic) bond motifs is 2. The number of ether oxygens (including phenoxy) is 2. The average molecular weight is 389 g/mol. The lowest BCUT2D eigenvalue weighted by Crippen LogP contribution is -2.41. The Kier molecular flexibility index (Phi) is 4.19.